The first-order chi connectivity index (χ1) is 15.1. The lowest BCUT2D eigenvalue weighted by Gasteiger charge is -2.20. The van der Waals surface area contributed by atoms with Gasteiger partial charge in [0.25, 0.3) is 0 Å². The summed E-state index contributed by atoms with van der Waals surface area (Å²) in [5, 5.41) is 29.0. The van der Waals surface area contributed by atoms with Gasteiger partial charge in [0.15, 0.2) is 0 Å². The summed E-state index contributed by atoms with van der Waals surface area (Å²) in [4.78, 5) is 11.8. The predicted molar refractivity (Wildman–Crippen MR) is 123 cm³/mol. The largest absolute Gasteiger partial charge is 0.463 e. The van der Waals surface area contributed by atoms with E-state index in [0.29, 0.717) is 6.42 Å². The molecule has 184 valence electrons. The molecule has 0 spiro atoms. The van der Waals surface area contributed by atoms with Crippen molar-refractivity contribution in [1.29, 1.82) is 0 Å². The van der Waals surface area contributed by atoms with Gasteiger partial charge in [-0.05, 0) is 6.42 Å². The molecule has 0 aromatic carbocycles. The molecule has 1 aliphatic rings. The summed E-state index contributed by atoms with van der Waals surface area (Å²) in [6.07, 6.45) is 16.8. The van der Waals surface area contributed by atoms with Gasteiger partial charge in [0.05, 0.1) is 6.61 Å². The van der Waals surface area contributed by atoms with Crippen LogP contribution in [0, 0.1) is 0 Å². The molecule has 4 atom stereocenters. The maximum atomic E-state index is 11.8. The van der Waals surface area contributed by atoms with Crippen LogP contribution in [-0.4, -0.2) is 58.9 Å². The number of esters is 1. The molecule has 0 saturated carbocycles. The second kappa shape index (κ2) is 18.8. The molecular weight excluding hydrogens is 396 g/mol. The third kappa shape index (κ3) is 14.1. The average molecular weight is 445 g/mol. The number of hydrogen-bond donors (Lipinski definition) is 3. The monoisotopic (exact) mass is 444 g/mol. The Morgan fingerprint density at radius 3 is 1.71 bits per heavy atom. The minimum Gasteiger partial charge on any atom is -0.463 e. The molecule has 1 saturated heterocycles. The summed E-state index contributed by atoms with van der Waals surface area (Å²) in [6.45, 7) is 2.03. The topological polar surface area (TPSA) is 96.2 Å². The Balaban J connectivity index is 1.81. The highest BCUT2D eigenvalue weighted by Gasteiger charge is 2.39. The van der Waals surface area contributed by atoms with Crippen molar-refractivity contribution in [2.75, 3.05) is 13.2 Å². The molecule has 6 heteroatoms. The molecule has 6 nitrogen and oxygen atoms in total. The van der Waals surface area contributed by atoms with Crippen molar-refractivity contribution in [3.05, 3.63) is 0 Å². The molecule has 1 heterocycles. The third-order valence-electron chi connectivity index (χ3n) is 6.22. The minimum absolute atomic E-state index is 0.0178. The highest BCUT2D eigenvalue weighted by atomic mass is 16.6. The number of carbonyl (C=O) groups is 1. The quantitative estimate of drug-likeness (QED) is 0.187. The van der Waals surface area contributed by atoms with E-state index in [1.165, 1.54) is 83.5 Å². The highest BCUT2D eigenvalue weighted by molar-refractivity contribution is 5.69. The fraction of sp³-hybridized carbons (Fsp3) is 0.960. The molecule has 1 fully saturated rings. The van der Waals surface area contributed by atoms with E-state index in [4.69, 9.17) is 9.47 Å². The van der Waals surface area contributed by atoms with E-state index >= 15 is 0 Å². The Morgan fingerprint density at radius 2 is 1.29 bits per heavy atom. The molecule has 0 radical (unpaired) electrons. The molecule has 31 heavy (non-hydrogen) atoms. The van der Waals surface area contributed by atoms with Crippen molar-refractivity contribution >= 4 is 5.97 Å². The van der Waals surface area contributed by atoms with Gasteiger partial charge in [0.1, 0.15) is 31.0 Å². The number of rotatable bonds is 20. The maximum Gasteiger partial charge on any atom is 0.305 e. The van der Waals surface area contributed by atoms with E-state index < -0.39 is 24.4 Å². The zero-order chi connectivity index (χ0) is 22.7. The van der Waals surface area contributed by atoms with Gasteiger partial charge in [0, 0.05) is 6.42 Å². The van der Waals surface area contributed by atoms with Gasteiger partial charge in [-0.1, -0.05) is 103 Å². The Bertz CT molecular complexity index is 430. The van der Waals surface area contributed by atoms with Crippen molar-refractivity contribution < 1.29 is 29.6 Å². The first kappa shape index (κ1) is 28.3. The van der Waals surface area contributed by atoms with Gasteiger partial charge in [-0.3, -0.25) is 4.79 Å². The van der Waals surface area contributed by atoms with E-state index in [1.807, 2.05) is 0 Å². The van der Waals surface area contributed by atoms with Crippen molar-refractivity contribution in [2.45, 2.75) is 140 Å². The van der Waals surface area contributed by atoms with Gasteiger partial charge in [0.2, 0.25) is 0 Å². The number of ether oxygens (including phenoxy) is 2. The predicted octanol–water partition coefficient (Wildman–Crippen LogP) is 4.66. The number of unbranched alkanes of at least 4 members (excludes halogenated alkanes) is 15. The molecule has 0 aliphatic carbocycles. The molecular formula is C25H48O6. The number of carbonyl (C=O) groups excluding carboxylic acids is 1. The standard InChI is InChI=1S/C25H48O6/c1-2-3-4-5-6-7-8-9-10-11-12-13-14-15-16-17-18-23(28)30-20-22(27)25-24(29)21(26)19-31-25/h21-22,24-27,29H,2-20H2,1H3/t21-,22-,24-,25-/m1/s1. The maximum absolute atomic E-state index is 11.8. The summed E-state index contributed by atoms with van der Waals surface area (Å²) < 4.78 is 10.2. The van der Waals surface area contributed by atoms with Gasteiger partial charge < -0.3 is 24.8 Å². The van der Waals surface area contributed by atoms with Crippen LogP contribution in [0.4, 0.5) is 0 Å². The van der Waals surface area contributed by atoms with Crippen molar-refractivity contribution in [2.24, 2.45) is 0 Å². The summed E-state index contributed by atoms with van der Waals surface area (Å²) in [7, 11) is 0. The molecule has 0 bridgehead atoms. The fourth-order valence-electron chi connectivity index (χ4n) is 4.13. The Labute approximate surface area is 189 Å². The zero-order valence-corrected chi connectivity index (χ0v) is 19.8. The van der Waals surface area contributed by atoms with Gasteiger partial charge in [-0.2, -0.15) is 0 Å². The van der Waals surface area contributed by atoms with Gasteiger partial charge >= 0.3 is 5.97 Å². The molecule has 0 aromatic rings. The first-order valence-corrected chi connectivity index (χ1v) is 12.9. The summed E-state index contributed by atoms with van der Waals surface area (Å²) in [5.41, 5.74) is 0. The smallest absolute Gasteiger partial charge is 0.305 e. The SMILES string of the molecule is CCCCCCCCCCCCCCCCCCC(=O)OC[C@@H](O)[C@H]1OC[C@@H](O)[C@H]1O. The van der Waals surface area contributed by atoms with Crippen molar-refractivity contribution in [1.82, 2.24) is 0 Å². The van der Waals surface area contributed by atoms with Gasteiger partial charge in [-0.25, -0.2) is 0 Å². The Kier molecular flexibility index (Phi) is 17.2. The van der Waals surface area contributed by atoms with Crippen LogP contribution < -0.4 is 0 Å². The van der Waals surface area contributed by atoms with Crippen LogP contribution in [0.15, 0.2) is 0 Å². The summed E-state index contributed by atoms with van der Waals surface area (Å²) in [5.74, 6) is -0.336. The van der Waals surface area contributed by atoms with Crippen molar-refractivity contribution in [3.8, 4) is 0 Å². The second-order valence-electron chi connectivity index (χ2n) is 9.16. The number of hydrogen-bond acceptors (Lipinski definition) is 6. The molecule has 0 unspecified atom stereocenters. The van der Waals surface area contributed by atoms with Crippen molar-refractivity contribution in [3.63, 3.8) is 0 Å². The van der Waals surface area contributed by atoms with Crippen LogP contribution in [0.3, 0.4) is 0 Å². The van der Waals surface area contributed by atoms with Crippen LogP contribution in [0.5, 0.6) is 0 Å². The highest BCUT2D eigenvalue weighted by Crippen LogP contribution is 2.18. The normalized spacial score (nSPS) is 22.0. The summed E-state index contributed by atoms with van der Waals surface area (Å²) in [6, 6.07) is 0. The minimum atomic E-state index is -1.14. The lowest BCUT2D eigenvalue weighted by atomic mass is 10.0. The third-order valence-corrected chi connectivity index (χ3v) is 6.22. The fourth-order valence-corrected chi connectivity index (χ4v) is 4.13. The molecule has 0 aromatic heterocycles. The number of aliphatic hydroxyl groups is 3. The zero-order valence-electron chi connectivity index (χ0n) is 19.8. The van der Waals surface area contributed by atoms with Crippen LogP contribution in [0.2, 0.25) is 0 Å². The number of aliphatic hydroxyl groups excluding tert-OH is 3. The molecule has 3 N–H and O–H groups in total. The van der Waals surface area contributed by atoms with E-state index in [-0.39, 0.29) is 19.2 Å². The molecule has 0 amide bonds. The van der Waals surface area contributed by atoms with Gasteiger partial charge in [-0.15, -0.1) is 0 Å². The van der Waals surface area contributed by atoms with E-state index in [0.717, 1.165) is 19.3 Å². The molecule has 1 rings (SSSR count). The second-order valence-corrected chi connectivity index (χ2v) is 9.16. The average Bonchev–Trinajstić information content (AvgIpc) is 3.10. The summed E-state index contributed by atoms with van der Waals surface area (Å²) >= 11 is 0. The van der Waals surface area contributed by atoms with E-state index in [1.54, 1.807) is 0 Å². The Morgan fingerprint density at radius 1 is 0.839 bits per heavy atom. The lowest BCUT2D eigenvalue weighted by molar-refractivity contribution is -0.151. The van der Waals surface area contributed by atoms with Crippen LogP contribution in [0.1, 0.15) is 116 Å². The van der Waals surface area contributed by atoms with Crippen LogP contribution in [0.25, 0.3) is 0 Å². The molecule has 1 aliphatic heterocycles. The van der Waals surface area contributed by atoms with E-state index in [9.17, 15) is 20.1 Å². The van der Waals surface area contributed by atoms with E-state index in [2.05, 4.69) is 6.92 Å². The Hall–Kier alpha value is -0.690. The van der Waals surface area contributed by atoms with Crippen LogP contribution >= 0.6 is 0 Å². The first-order valence-electron chi connectivity index (χ1n) is 12.9. The van der Waals surface area contributed by atoms with Crippen LogP contribution in [-0.2, 0) is 14.3 Å². The lowest BCUT2D eigenvalue weighted by Crippen LogP contribution is -2.41.